The SMILES string of the molecule is CCCC(C)(NCCc1ccccc1[N+](=O)[O-])C(=O)O. The smallest absolute Gasteiger partial charge is 0.323 e. The number of carboxylic acid groups (broad SMARTS) is 1. The van der Waals surface area contributed by atoms with Crippen LogP contribution in [0.25, 0.3) is 0 Å². The van der Waals surface area contributed by atoms with Gasteiger partial charge < -0.3 is 10.4 Å². The fraction of sp³-hybridized carbons (Fsp3) is 0.500. The van der Waals surface area contributed by atoms with Crippen LogP contribution in [0.5, 0.6) is 0 Å². The molecule has 1 unspecified atom stereocenters. The third-order valence-corrected chi connectivity index (χ3v) is 3.32. The van der Waals surface area contributed by atoms with Gasteiger partial charge in [-0.3, -0.25) is 14.9 Å². The van der Waals surface area contributed by atoms with Crippen LogP contribution in [0.2, 0.25) is 0 Å². The molecule has 0 aliphatic rings. The minimum absolute atomic E-state index is 0.0711. The summed E-state index contributed by atoms with van der Waals surface area (Å²) in [5.41, 5.74) is -0.311. The van der Waals surface area contributed by atoms with Crippen molar-refractivity contribution >= 4 is 11.7 Å². The number of para-hydroxylation sites is 1. The second-order valence-electron chi connectivity index (χ2n) is 4.95. The molecule has 1 rings (SSSR count). The number of nitro benzene ring substituents is 1. The number of hydrogen-bond donors (Lipinski definition) is 2. The number of aliphatic carboxylic acids is 1. The van der Waals surface area contributed by atoms with E-state index in [4.69, 9.17) is 0 Å². The van der Waals surface area contributed by atoms with Gasteiger partial charge in [0.15, 0.2) is 0 Å². The molecule has 0 radical (unpaired) electrons. The molecule has 0 fully saturated rings. The maximum atomic E-state index is 11.3. The number of nitrogens with zero attached hydrogens (tertiary/aromatic N) is 1. The summed E-state index contributed by atoms with van der Waals surface area (Å²) in [6.45, 7) is 3.94. The fourth-order valence-electron chi connectivity index (χ4n) is 2.14. The molecule has 110 valence electrons. The molecule has 0 aromatic heterocycles. The zero-order chi connectivity index (χ0) is 15.2. The van der Waals surface area contributed by atoms with Gasteiger partial charge in [0.2, 0.25) is 0 Å². The van der Waals surface area contributed by atoms with Gasteiger partial charge in [-0.05, 0) is 19.8 Å². The molecule has 0 spiro atoms. The van der Waals surface area contributed by atoms with Crippen LogP contribution in [0.4, 0.5) is 5.69 Å². The fourth-order valence-corrected chi connectivity index (χ4v) is 2.14. The number of nitrogens with one attached hydrogen (secondary N) is 1. The Morgan fingerprint density at radius 3 is 2.65 bits per heavy atom. The zero-order valence-corrected chi connectivity index (χ0v) is 11.8. The number of rotatable bonds is 8. The molecule has 2 N–H and O–H groups in total. The molecule has 20 heavy (non-hydrogen) atoms. The Bertz CT molecular complexity index is 490. The summed E-state index contributed by atoms with van der Waals surface area (Å²) >= 11 is 0. The van der Waals surface area contributed by atoms with E-state index in [0.717, 1.165) is 6.42 Å². The average Bonchev–Trinajstić information content (AvgIpc) is 2.39. The molecule has 0 saturated heterocycles. The zero-order valence-electron chi connectivity index (χ0n) is 11.8. The number of carboxylic acids is 1. The average molecular weight is 280 g/mol. The summed E-state index contributed by atoms with van der Waals surface area (Å²) in [7, 11) is 0. The van der Waals surface area contributed by atoms with Crippen molar-refractivity contribution in [1.29, 1.82) is 0 Å². The largest absolute Gasteiger partial charge is 0.480 e. The molecule has 1 aromatic carbocycles. The molecule has 6 heteroatoms. The minimum Gasteiger partial charge on any atom is -0.480 e. The van der Waals surface area contributed by atoms with Gasteiger partial charge in [0, 0.05) is 18.2 Å². The molecule has 6 nitrogen and oxygen atoms in total. The van der Waals surface area contributed by atoms with Crippen LogP contribution < -0.4 is 5.32 Å². The second-order valence-corrected chi connectivity index (χ2v) is 4.95. The van der Waals surface area contributed by atoms with Crippen LogP contribution in [0.3, 0.4) is 0 Å². The third kappa shape index (κ3) is 4.03. The topological polar surface area (TPSA) is 92.5 Å². The lowest BCUT2D eigenvalue weighted by atomic mass is 9.96. The quantitative estimate of drug-likeness (QED) is 0.563. The third-order valence-electron chi connectivity index (χ3n) is 3.32. The van der Waals surface area contributed by atoms with Gasteiger partial charge >= 0.3 is 5.97 Å². The molecule has 0 heterocycles. The molecular formula is C14H20N2O4. The molecule has 0 aliphatic carbocycles. The Morgan fingerprint density at radius 1 is 1.45 bits per heavy atom. The van der Waals surface area contributed by atoms with Crippen LogP contribution in [0.15, 0.2) is 24.3 Å². The number of nitro groups is 1. The Balaban J connectivity index is 2.68. The van der Waals surface area contributed by atoms with Gasteiger partial charge in [-0.1, -0.05) is 31.5 Å². The van der Waals surface area contributed by atoms with E-state index in [9.17, 15) is 20.0 Å². The molecular weight excluding hydrogens is 260 g/mol. The molecule has 0 amide bonds. The van der Waals surface area contributed by atoms with Crippen LogP contribution in [0, 0.1) is 10.1 Å². The molecule has 0 aliphatic heterocycles. The van der Waals surface area contributed by atoms with E-state index >= 15 is 0 Å². The monoisotopic (exact) mass is 280 g/mol. The number of carbonyl (C=O) groups is 1. The van der Waals surface area contributed by atoms with Gasteiger partial charge in [0.1, 0.15) is 5.54 Å². The van der Waals surface area contributed by atoms with E-state index in [1.54, 1.807) is 25.1 Å². The lowest BCUT2D eigenvalue weighted by Crippen LogP contribution is -2.50. The first-order chi connectivity index (χ1) is 9.40. The van der Waals surface area contributed by atoms with Crippen LogP contribution in [-0.4, -0.2) is 28.1 Å². The van der Waals surface area contributed by atoms with Gasteiger partial charge in [-0.25, -0.2) is 0 Å². The highest BCUT2D eigenvalue weighted by Crippen LogP contribution is 2.18. The summed E-state index contributed by atoms with van der Waals surface area (Å²) in [5, 5.41) is 23.1. The number of benzene rings is 1. The highest BCUT2D eigenvalue weighted by molar-refractivity contribution is 5.78. The van der Waals surface area contributed by atoms with E-state index in [2.05, 4.69) is 5.32 Å². The van der Waals surface area contributed by atoms with Crippen molar-refractivity contribution in [2.24, 2.45) is 0 Å². The Kier molecular flexibility index (Phi) is 5.64. The van der Waals surface area contributed by atoms with Gasteiger partial charge in [0.05, 0.1) is 4.92 Å². The van der Waals surface area contributed by atoms with Crippen molar-refractivity contribution in [2.45, 2.75) is 38.6 Å². The molecule has 0 saturated carbocycles. The van der Waals surface area contributed by atoms with E-state index < -0.39 is 16.4 Å². The van der Waals surface area contributed by atoms with Crippen LogP contribution >= 0.6 is 0 Å². The predicted octanol–water partition coefficient (Wildman–Crippen LogP) is 2.37. The van der Waals surface area contributed by atoms with Gasteiger partial charge in [-0.2, -0.15) is 0 Å². The summed E-state index contributed by atoms with van der Waals surface area (Å²) in [6, 6.07) is 6.51. The van der Waals surface area contributed by atoms with Crippen molar-refractivity contribution in [1.82, 2.24) is 5.32 Å². The second kappa shape index (κ2) is 7.00. The molecule has 0 bridgehead atoms. The lowest BCUT2D eigenvalue weighted by molar-refractivity contribution is -0.385. The first-order valence-corrected chi connectivity index (χ1v) is 6.61. The van der Waals surface area contributed by atoms with Crippen molar-refractivity contribution in [3.05, 3.63) is 39.9 Å². The van der Waals surface area contributed by atoms with Crippen LogP contribution in [-0.2, 0) is 11.2 Å². The standard InChI is InChI=1S/C14H20N2O4/c1-3-9-14(2,13(17)18)15-10-8-11-6-4-5-7-12(11)16(19)20/h4-7,15H,3,8-10H2,1-2H3,(H,17,18). The summed E-state index contributed by atoms with van der Waals surface area (Å²) in [6.07, 6.45) is 1.68. The normalized spacial score (nSPS) is 13.7. The number of hydrogen-bond acceptors (Lipinski definition) is 4. The van der Waals surface area contributed by atoms with Crippen molar-refractivity contribution in [3.8, 4) is 0 Å². The first-order valence-electron chi connectivity index (χ1n) is 6.61. The van der Waals surface area contributed by atoms with E-state index in [0.29, 0.717) is 24.9 Å². The Morgan fingerprint density at radius 2 is 2.10 bits per heavy atom. The maximum absolute atomic E-state index is 11.3. The Hall–Kier alpha value is -1.95. The van der Waals surface area contributed by atoms with Crippen molar-refractivity contribution in [2.75, 3.05) is 6.54 Å². The summed E-state index contributed by atoms with van der Waals surface area (Å²) in [5.74, 6) is -0.901. The highest BCUT2D eigenvalue weighted by atomic mass is 16.6. The summed E-state index contributed by atoms with van der Waals surface area (Å²) < 4.78 is 0. The predicted molar refractivity (Wildman–Crippen MR) is 75.8 cm³/mol. The highest BCUT2D eigenvalue weighted by Gasteiger charge is 2.31. The van der Waals surface area contributed by atoms with E-state index in [1.807, 2.05) is 6.92 Å². The van der Waals surface area contributed by atoms with Gasteiger partial charge in [0.25, 0.3) is 5.69 Å². The molecule has 1 aromatic rings. The van der Waals surface area contributed by atoms with Crippen molar-refractivity contribution < 1.29 is 14.8 Å². The van der Waals surface area contributed by atoms with Gasteiger partial charge in [-0.15, -0.1) is 0 Å². The Labute approximate surface area is 118 Å². The van der Waals surface area contributed by atoms with Crippen molar-refractivity contribution in [3.63, 3.8) is 0 Å². The van der Waals surface area contributed by atoms with Crippen LogP contribution in [0.1, 0.15) is 32.3 Å². The maximum Gasteiger partial charge on any atom is 0.323 e. The first kappa shape index (κ1) is 16.1. The molecule has 1 atom stereocenters. The lowest BCUT2D eigenvalue weighted by Gasteiger charge is -2.25. The minimum atomic E-state index is -0.988. The van der Waals surface area contributed by atoms with E-state index in [-0.39, 0.29) is 5.69 Å². The van der Waals surface area contributed by atoms with E-state index in [1.165, 1.54) is 6.07 Å². The summed E-state index contributed by atoms with van der Waals surface area (Å²) in [4.78, 5) is 21.7.